The molecular weight excluding hydrogens is 356 g/mol. The van der Waals surface area contributed by atoms with E-state index in [4.69, 9.17) is 16.3 Å². The van der Waals surface area contributed by atoms with E-state index in [1.165, 1.54) is 13.8 Å². The van der Waals surface area contributed by atoms with Crippen molar-refractivity contribution in [3.05, 3.63) is 57.4 Å². The van der Waals surface area contributed by atoms with Gasteiger partial charge in [-0.2, -0.15) is 0 Å². The molecule has 0 aliphatic heterocycles. The molecule has 0 aliphatic rings. The first-order valence-electron chi connectivity index (χ1n) is 8.14. The molecule has 1 aromatic heterocycles. The van der Waals surface area contributed by atoms with Gasteiger partial charge in [-0.1, -0.05) is 29.8 Å². The van der Waals surface area contributed by atoms with E-state index in [0.29, 0.717) is 21.8 Å². The van der Waals surface area contributed by atoms with E-state index in [0.717, 1.165) is 5.56 Å². The molecule has 0 fully saturated rings. The van der Waals surface area contributed by atoms with Crippen LogP contribution in [-0.2, 0) is 16.1 Å². The lowest BCUT2D eigenvalue weighted by atomic mass is 10.1. The summed E-state index contributed by atoms with van der Waals surface area (Å²) in [5.74, 6) is -1.26. The number of Topliss-reactive ketones (excluding diaryl/α,β-unsaturated/α-hetero) is 1. The maximum absolute atomic E-state index is 12.3. The second-order valence-corrected chi connectivity index (χ2v) is 6.45. The van der Waals surface area contributed by atoms with Gasteiger partial charge in [0.1, 0.15) is 5.69 Å². The van der Waals surface area contributed by atoms with Crippen LogP contribution in [0.2, 0.25) is 5.02 Å². The number of carbonyl (C=O) groups is 3. The van der Waals surface area contributed by atoms with Gasteiger partial charge in [-0.15, -0.1) is 0 Å². The number of hydrogen-bond donors (Lipinski definition) is 2. The average molecular weight is 377 g/mol. The normalized spacial score (nSPS) is 11.7. The number of aromatic amines is 1. The van der Waals surface area contributed by atoms with Crippen LogP contribution in [0.25, 0.3) is 0 Å². The summed E-state index contributed by atoms with van der Waals surface area (Å²) in [5, 5.41) is 3.23. The number of esters is 1. The second-order valence-electron chi connectivity index (χ2n) is 6.04. The van der Waals surface area contributed by atoms with Gasteiger partial charge in [0.2, 0.25) is 0 Å². The first kappa shape index (κ1) is 19.7. The van der Waals surface area contributed by atoms with Crippen molar-refractivity contribution in [1.29, 1.82) is 0 Å². The number of aromatic nitrogens is 1. The summed E-state index contributed by atoms with van der Waals surface area (Å²) in [6.45, 7) is 6.52. The summed E-state index contributed by atoms with van der Waals surface area (Å²) < 4.78 is 5.22. The minimum atomic E-state index is -0.992. The summed E-state index contributed by atoms with van der Waals surface area (Å²) in [5.41, 5.74) is 2.52. The number of halogens is 1. The van der Waals surface area contributed by atoms with E-state index in [2.05, 4.69) is 10.3 Å². The average Bonchev–Trinajstić information content (AvgIpc) is 2.88. The lowest BCUT2D eigenvalue weighted by Crippen LogP contribution is -2.35. The van der Waals surface area contributed by atoms with E-state index in [1.807, 2.05) is 6.07 Å². The van der Waals surface area contributed by atoms with Gasteiger partial charge in [0.25, 0.3) is 5.91 Å². The second kappa shape index (κ2) is 8.19. The first-order valence-corrected chi connectivity index (χ1v) is 8.52. The van der Waals surface area contributed by atoms with Crippen molar-refractivity contribution >= 4 is 29.3 Å². The third-order valence-electron chi connectivity index (χ3n) is 4.06. The molecule has 2 N–H and O–H groups in total. The topological polar surface area (TPSA) is 88.3 Å². The highest BCUT2D eigenvalue weighted by Gasteiger charge is 2.24. The van der Waals surface area contributed by atoms with Gasteiger partial charge >= 0.3 is 5.97 Å². The van der Waals surface area contributed by atoms with Crippen molar-refractivity contribution in [2.75, 3.05) is 0 Å². The number of nitrogens with one attached hydrogen (secondary N) is 2. The van der Waals surface area contributed by atoms with Gasteiger partial charge in [0.05, 0.1) is 0 Å². The van der Waals surface area contributed by atoms with Crippen LogP contribution in [0.1, 0.15) is 51.5 Å². The maximum Gasteiger partial charge on any atom is 0.355 e. The molecule has 26 heavy (non-hydrogen) atoms. The van der Waals surface area contributed by atoms with E-state index < -0.39 is 18.0 Å². The Labute approximate surface area is 156 Å². The largest absolute Gasteiger partial charge is 0.448 e. The minimum Gasteiger partial charge on any atom is -0.448 e. The van der Waals surface area contributed by atoms with E-state index in [1.54, 1.807) is 32.0 Å². The smallest absolute Gasteiger partial charge is 0.355 e. The van der Waals surface area contributed by atoms with Crippen LogP contribution in [0, 0.1) is 13.8 Å². The molecule has 1 unspecified atom stereocenters. The van der Waals surface area contributed by atoms with Gasteiger partial charge < -0.3 is 15.0 Å². The van der Waals surface area contributed by atoms with Crippen LogP contribution in [0.3, 0.4) is 0 Å². The van der Waals surface area contributed by atoms with Crippen molar-refractivity contribution in [2.45, 2.75) is 40.3 Å². The zero-order valence-corrected chi connectivity index (χ0v) is 15.9. The van der Waals surface area contributed by atoms with E-state index >= 15 is 0 Å². The molecular formula is C19H21ClN2O4. The van der Waals surface area contributed by atoms with Crippen LogP contribution in [0.4, 0.5) is 0 Å². The molecule has 6 nitrogen and oxygen atoms in total. The van der Waals surface area contributed by atoms with Crippen LogP contribution in [-0.4, -0.2) is 28.7 Å². The highest BCUT2D eigenvalue weighted by atomic mass is 35.5. The molecule has 138 valence electrons. The molecule has 0 aliphatic carbocycles. The monoisotopic (exact) mass is 376 g/mol. The van der Waals surface area contributed by atoms with Gasteiger partial charge in [-0.3, -0.25) is 9.59 Å². The summed E-state index contributed by atoms with van der Waals surface area (Å²) in [4.78, 5) is 39.0. The Hall–Kier alpha value is -2.60. The number of amides is 1. The lowest BCUT2D eigenvalue weighted by molar-refractivity contribution is -0.129. The Morgan fingerprint density at radius 3 is 2.46 bits per heavy atom. The Bertz CT molecular complexity index is 857. The number of ether oxygens (including phenoxy) is 1. The zero-order chi connectivity index (χ0) is 19.4. The Balaban J connectivity index is 2.00. The number of hydrogen-bond acceptors (Lipinski definition) is 4. The summed E-state index contributed by atoms with van der Waals surface area (Å²) in [7, 11) is 0. The number of aryl methyl sites for hydroxylation is 1. The molecule has 0 saturated carbocycles. The lowest BCUT2D eigenvalue weighted by Gasteiger charge is -2.14. The SMILES string of the molecule is CC(=O)c1c(C)[nH]c(C(=O)OC(C)C(=O)NCc2ccccc2Cl)c1C. The first-order chi connectivity index (χ1) is 12.2. The summed E-state index contributed by atoms with van der Waals surface area (Å²) >= 11 is 6.04. The van der Waals surface area contributed by atoms with Crippen molar-refractivity contribution in [2.24, 2.45) is 0 Å². The van der Waals surface area contributed by atoms with Crippen molar-refractivity contribution in [3.8, 4) is 0 Å². The van der Waals surface area contributed by atoms with Crippen LogP contribution >= 0.6 is 11.6 Å². The fourth-order valence-electron chi connectivity index (χ4n) is 2.72. The van der Waals surface area contributed by atoms with E-state index in [9.17, 15) is 14.4 Å². The van der Waals surface area contributed by atoms with Crippen molar-refractivity contribution in [3.63, 3.8) is 0 Å². The Morgan fingerprint density at radius 2 is 1.88 bits per heavy atom. The predicted octanol–water partition coefficient (Wildman–Crippen LogP) is 3.35. The van der Waals surface area contributed by atoms with Crippen molar-refractivity contribution in [1.82, 2.24) is 10.3 Å². The highest BCUT2D eigenvalue weighted by molar-refractivity contribution is 6.31. The molecule has 1 heterocycles. The summed E-state index contributed by atoms with van der Waals surface area (Å²) in [6, 6.07) is 7.15. The third kappa shape index (κ3) is 4.32. The van der Waals surface area contributed by atoms with Crippen molar-refractivity contribution < 1.29 is 19.1 Å². The predicted molar refractivity (Wildman–Crippen MR) is 98.4 cm³/mol. The van der Waals surface area contributed by atoms with Crippen LogP contribution in [0.15, 0.2) is 24.3 Å². The molecule has 0 bridgehead atoms. The molecule has 1 atom stereocenters. The molecule has 2 rings (SSSR count). The van der Waals surface area contributed by atoms with Gasteiger partial charge in [0, 0.05) is 22.8 Å². The quantitative estimate of drug-likeness (QED) is 0.597. The Kier molecular flexibility index (Phi) is 6.21. The number of benzene rings is 1. The zero-order valence-electron chi connectivity index (χ0n) is 15.1. The van der Waals surface area contributed by atoms with Crippen LogP contribution in [0.5, 0.6) is 0 Å². The van der Waals surface area contributed by atoms with Crippen LogP contribution < -0.4 is 5.32 Å². The highest BCUT2D eigenvalue weighted by Crippen LogP contribution is 2.20. The molecule has 0 spiro atoms. The molecule has 2 aromatic rings. The number of carbonyl (C=O) groups excluding carboxylic acids is 3. The molecule has 1 amide bonds. The number of ketones is 1. The molecule has 7 heteroatoms. The maximum atomic E-state index is 12.3. The molecule has 1 aromatic carbocycles. The molecule has 0 radical (unpaired) electrons. The Morgan fingerprint density at radius 1 is 1.23 bits per heavy atom. The summed E-state index contributed by atoms with van der Waals surface area (Å²) in [6.07, 6.45) is -0.992. The fourth-order valence-corrected chi connectivity index (χ4v) is 2.93. The number of rotatable bonds is 6. The fraction of sp³-hybridized carbons (Fsp3) is 0.316. The molecule has 0 saturated heterocycles. The standard InChI is InChI=1S/C19H21ClN2O4/c1-10-16(12(3)23)11(2)22-17(10)19(25)26-13(4)18(24)21-9-14-7-5-6-8-15(14)20/h5-8,13,22H,9H2,1-4H3,(H,21,24). The minimum absolute atomic E-state index is 0.138. The van der Waals surface area contributed by atoms with E-state index in [-0.39, 0.29) is 18.0 Å². The number of H-pyrrole nitrogens is 1. The van der Waals surface area contributed by atoms with Gasteiger partial charge in [-0.25, -0.2) is 4.79 Å². The van der Waals surface area contributed by atoms with Gasteiger partial charge in [-0.05, 0) is 44.9 Å². The van der Waals surface area contributed by atoms with Gasteiger partial charge in [0.15, 0.2) is 11.9 Å². The third-order valence-corrected chi connectivity index (χ3v) is 4.43.